The van der Waals surface area contributed by atoms with Crippen LogP contribution < -0.4 is 0 Å². The summed E-state index contributed by atoms with van der Waals surface area (Å²) >= 11 is 0. The van der Waals surface area contributed by atoms with Gasteiger partial charge in [0, 0.05) is 31.6 Å². The fourth-order valence-electron chi connectivity index (χ4n) is 1.94. The lowest BCUT2D eigenvalue weighted by Crippen LogP contribution is -2.57. The lowest BCUT2D eigenvalue weighted by molar-refractivity contribution is 0.0398. The first-order valence-electron chi connectivity index (χ1n) is 5.43. The molecule has 2 nitrogen and oxygen atoms in total. The van der Waals surface area contributed by atoms with Crippen LogP contribution in [0.3, 0.4) is 0 Å². The largest absolute Gasteiger partial charge is 0.300 e. The van der Waals surface area contributed by atoms with E-state index in [-0.39, 0.29) is 0 Å². The topological polar surface area (TPSA) is 6.48 Å². The molecule has 1 aliphatic heterocycles. The van der Waals surface area contributed by atoms with Gasteiger partial charge in [-0.2, -0.15) is 0 Å². The fourth-order valence-corrected chi connectivity index (χ4v) is 1.94. The van der Waals surface area contributed by atoms with E-state index in [0.29, 0.717) is 5.54 Å². The minimum absolute atomic E-state index is 0.314. The molecule has 0 radical (unpaired) electrons. The maximum absolute atomic E-state index is 5.24. The predicted octanol–water partition coefficient (Wildman–Crippen LogP) is 1.43. The highest BCUT2D eigenvalue weighted by molar-refractivity contribution is 4.89. The summed E-state index contributed by atoms with van der Waals surface area (Å²) in [7, 11) is 2.21. The minimum Gasteiger partial charge on any atom is -0.300 e. The Bertz CT molecular complexity index is 215. The number of hydrogen-bond acceptors (Lipinski definition) is 2. The summed E-state index contributed by atoms with van der Waals surface area (Å²) in [6, 6.07) is 0. The molecule has 0 aromatic heterocycles. The second-order valence-electron chi connectivity index (χ2n) is 4.82. The Morgan fingerprint density at radius 2 is 2.07 bits per heavy atom. The van der Waals surface area contributed by atoms with Crippen LogP contribution in [0.1, 0.15) is 26.7 Å². The summed E-state index contributed by atoms with van der Waals surface area (Å²) < 4.78 is 0. The summed E-state index contributed by atoms with van der Waals surface area (Å²) in [5.41, 5.74) is 0.314. The van der Waals surface area contributed by atoms with Crippen LogP contribution in [0, 0.1) is 12.3 Å². The van der Waals surface area contributed by atoms with E-state index in [9.17, 15) is 0 Å². The maximum Gasteiger partial charge on any atom is 0.0277 e. The highest BCUT2D eigenvalue weighted by Crippen LogP contribution is 2.18. The summed E-state index contributed by atoms with van der Waals surface area (Å²) in [5, 5.41) is 0. The van der Waals surface area contributed by atoms with Gasteiger partial charge in [-0.25, -0.2) is 0 Å². The fraction of sp³-hybridized carbons (Fsp3) is 0.833. The molecule has 2 heteroatoms. The number of terminal acetylenes is 1. The van der Waals surface area contributed by atoms with Crippen molar-refractivity contribution in [2.45, 2.75) is 32.2 Å². The van der Waals surface area contributed by atoms with Gasteiger partial charge in [-0.05, 0) is 33.9 Å². The Morgan fingerprint density at radius 3 is 2.64 bits per heavy atom. The highest BCUT2D eigenvalue weighted by atomic mass is 15.3. The zero-order valence-electron chi connectivity index (χ0n) is 9.71. The van der Waals surface area contributed by atoms with Crippen LogP contribution in [0.25, 0.3) is 0 Å². The molecule has 1 fully saturated rings. The third kappa shape index (κ3) is 3.01. The Hall–Kier alpha value is -0.520. The standard InChI is InChI=1S/C12H22N2/c1-5-6-7-8-14-10-9-13(4)12(2,3)11-14/h1H,6-11H2,2-4H3. The number of piperazine rings is 1. The van der Waals surface area contributed by atoms with E-state index in [4.69, 9.17) is 6.42 Å². The zero-order chi connectivity index (χ0) is 10.6. The smallest absolute Gasteiger partial charge is 0.0277 e. The molecule has 0 atom stereocenters. The van der Waals surface area contributed by atoms with Crippen LogP contribution in [0.2, 0.25) is 0 Å². The van der Waals surface area contributed by atoms with Crippen LogP contribution in [0.5, 0.6) is 0 Å². The number of rotatable bonds is 3. The molecule has 0 bridgehead atoms. The Balaban J connectivity index is 2.33. The first kappa shape index (κ1) is 11.6. The second kappa shape index (κ2) is 4.82. The van der Waals surface area contributed by atoms with E-state index in [0.717, 1.165) is 25.9 Å². The molecule has 0 aromatic carbocycles. The molecular weight excluding hydrogens is 172 g/mol. The minimum atomic E-state index is 0.314. The summed E-state index contributed by atoms with van der Waals surface area (Å²) in [6.07, 6.45) is 7.29. The summed E-state index contributed by atoms with van der Waals surface area (Å²) in [5.74, 6) is 2.70. The predicted molar refractivity (Wildman–Crippen MR) is 61.2 cm³/mol. The Labute approximate surface area is 88.3 Å². The summed E-state index contributed by atoms with van der Waals surface area (Å²) in [4.78, 5) is 4.96. The molecule has 0 N–H and O–H groups in total. The van der Waals surface area contributed by atoms with Crippen LogP contribution in [-0.2, 0) is 0 Å². The van der Waals surface area contributed by atoms with Crippen molar-refractivity contribution in [2.24, 2.45) is 0 Å². The molecule has 1 saturated heterocycles. The van der Waals surface area contributed by atoms with Gasteiger partial charge in [0.1, 0.15) is 0 Å². The van der Waals surface area contributed by atoms with Gasteiger partial charge < -0.3 is 4.90 Å². The van der Waals surface area contributed by atoms with Crippen LogP contribution >= 0.6 is 0 Å². The van der Waals surface area contributed by atoms with E-state index in [1.807, 2.05) is 0 Å². The molecule has 1 rings (SSSR count). The molecule has 0 amide bonds. The van der Waals surface area contributed by atoms with Crippen molar-refractivity contribution in [3.63, 3.8) is 0 Å². The van der Waals surface area contributed by atoms with Crippen LogP contribution in [0.4, 0.5) is 0 Å². The van der Waals surface area contributed by atoms with Crippen molar-refractivity contribution in [3.8, 4) is 12.3 Å². The Morgan fingerprint density at radius 1 is 1.36 bits per heavy atom. The van der Waals surface area contributed by atoms with Gasteiger partial charge in [-0.15, -0.1) is 12.3 Å². The molecular formula is C12H22N2. The van der Waals surface area contributed by atoms with Gasteiger partial charge in [0.15, 0.2) is 0 Å². The van der Waals surface area contributed by atoms with E-state index in [2.05, 4.69) is 36.6 Å². The SMILES string of the molecule is C#CCCCN1CCN(C)C(C)(C)C1. The van der Waals surface area contributed by atoms with Crippen LogP contribution in [0.15, 0.2) is 0 Å². The van der Waals surface area contributed by atoms with Crippen LogP contribution in [-0.4, -0.2) is 48.6 Å². The normalized spacial score (nSPS) is 23.3. The lowest BCUT2D eigenvalue weighted by Gasteiger charge is -2.45. The van der Waals surface area contributed by atoms with Gasteiger partial charge in [-0.3, -0.25) is 4.90 Å². The Kier molecular flexibility index (Phi) is 3.97. The lowest BCUT2D eigenvalue weighted by atomic mass is 9.99. The van der Waals surface area contributed by atoms with Gasteiger partial charge >= 0.3 is 0 Å². The van der Waals surface area contributed by atoms with Crippen molar-refractivity contribution < 1.29 is 0 Å². The van der Waals surface area contributed by atoms with Gasteiger partial charge in [0.05, 0.1) is 0 Å². The molecule has 14 heavy (non-hydrogen) atoms. The first-order chi connectivity index (χ1) is 6.56. The monoisotopic (exact) mass is 194 g/mol. The molecule has 1 heterocycles. The number of hydrogen-bond donors (Lipinski definition) is 0. The molecule has 0 aliphatic carbocycles. The highest BCUT2D eigenvalue weighted by Gasteiger charge is 2.30. The van der Waals surface area contributed by atoms with Crippen molar-refractivity contribution >= 4 is 0 Å². The quantitative estimate of drug-likeness (QED) is 0.495. The first-order valence-corrected chi connectivity index (χ1v) is 5.43. The number of likely N-dealkylation sites (N-methyl/N-ethyl adjacent to an activating group) is 1. The number of unbranched alkanes of at least 4 members (excludes halogenated alkanes) is 1. The van der Waals surface area contributed by atoms with Crippen molar-refractivity contribution in [2.75, 3.05) is 33.2 Å². The average Bonchev–Trinajstić information content (AvgIpc) is 2.11. The van der Waals surface area contributed by atoms with Crippen molar-refractivity contribution in [1.82, 2.24) is 9.80 Å². The zero-order valence-corrected chi connectivity index (χ0v) is 9.71. The second-order valence-corrected chi connectivity index (χ2v) is 4.82. The van der Waals surface area contributed by atoms with E-state index in [1.165, 1.54) is 13.1 Å². The molecule has 0 unspecified atom stereocenters. The maximum atomic E-state index is 5.24. The molecule has 0 aromatic rings. The van der Waals surface area contributed by atoms with Gasteiger partial charge in [-0.1, -0.05) is 0 Å². The van der Waals surface area contributed by atoms with Gasteiger partial charge in [0.25, 0.3) is 0 Å². The van der Waals surface area contributed by atoms with Crippen molar-refractivity contribution in [3.05, 3.63) is 0 Å². The molecule has 1 aliphatic rings. The van der Waals surface area contributed by atoms with E-state index >= 15 is 0 Å². The summed E-state index contributed by atoms with van der Waals surface area (Å²) in [6.45, 7) is 9.28. The molecule has 0 saturated carbocycles. The van der Waals surface area contributed by atoms with Crippen molar-refractivity contribution in [1.29, 1.82) is 0 Å². The third-order valence-electron chi connectivity index (χ3n) is 3.19. The van der Waals surface area contributed by atoms with E-state index in [1.54, 1.807) is 0 Å². The molecule has 0 spiro atoms. The molecule has 80 valence electrons. The van der Waals surface area contributed by atoms with E-state index < -0.39 is 0 Å². The average molecular weight is 194 g/mol. The third-order valence-corrected chi connectivity index (χ3v) is 3.19. The van der Waals surface area contributed by atoms with Gasteiger partial charge in [0.2, 0.25) is 0 Å². The number of nitrogens with zero attached hydrogens (tertiary/aromatic N) is 2.